The van der Waals surface area contributed by atoms with Crippen molar-refractivity contribution in [3.05, 3.63) is 15.0 Å². The van der Waals surface area contributed by atoms with E-state index in [1.807, 2.05) is 6.20 Å². The van der Waals surface area contributed by atoms with Gasteiger partial charge in [-0.15, -0.1) is 11.3 Å². The Morgan fingerprint density at radius 1 is 1.69 bits per heavy atom. The molecule has 1 aliphatic rings. The van der Waals surface area contributed by atoms with Gasteiger partial charge in [0, 0.05) is 25.4 Å². The predicted molar refractivity (Wildman–Crippen MR) is 55.9 cm³/mol. The summed E-state index contributed by atoms with van der Waals surface area (Å²) in [6.07, 6.45) is 2.49. The maximum absolute atomic E-state index is 9.56. The molecule has 0 bridgehead atoms. The third kappa shape index (κ3) is 2.28. The zero-order valence-electron chi connectivity index (χ0n) is 7.03. The Morgan fingerprint density at radius 2 is 2.54 bits per heavy atom. The summed E-state index contributed by atoms with van der Waals surface area (Å²) in [5.74, 6) is 0.332. The number of aliphatic hydroxyl groups excluding tert-OH is 1. The summed E-state index contributed by atoms with van der Waals surface area (Å²) in [7, 11) is 0. The van der Waals surface area contributed by atoms with E-state index in [0.29, 0.717) is 5.92 Å². The van der Waals surface area contributed by atoms with Gasteiger partial charge >= 0.3 is 0 Å². The summed E-state index contributed by atoms with van der Waals surface area (Å²) in [5.41, 5.74) is 0. The van der Waals surface area contributed by atoms with E-state index < -0.39 is 0 Å². The molecule has 1 aromatic heterocycles. The van der Waals surface area contributed by atoms with Gasteiger partial charge in [0.2, 0.25) is 0 Å². The van der Waals surface area contributed by atoms with Gasteiger partial charge in [-0.3, -0.25) is 0 Å². The third-order valence-corrected chi connectivity index (χ3v) is 3.76. The minimum absolute atomic E-state index is 0.206. The number of aromatic nitrogens is 1. The second-order valence-electron chi connectivity index (χ2n) is 3.25. The van der Waals surface area contributed by atoms with Gasteiger partial charge in [0.1, 0.15) is 0 Å². The molecule has 0 amide bonds. The van der Waals surface area contributed by atoms with Crippen LogP contribution in [0.15, 0.2) is 9.98 Å². The summed E-state index contributed by atoms with van der Waals surface area (Å²) < 4.78 is 1.06. The second-order valence-corrected chi connectivity index (χ2v) is 5.74. The van der Waals surface area contributed by atoms with Crippen LogP contribution in [0.3, 0.4) is 0 Å². The van der Waals surface area contributed by atoms with Crippen molar-refractivity contribution in [2.45, 2.75) is 12.5 Å². The number of rotatable bonds is 2. The Hall–Kier alpha value is 0.0300. The molecule has 0 spiro atoms. The zero-order chi connectivity index (χ0) is 9.26. The van der Waals surface area contributed by atoms with E-state index >= 15 is 0 Å². The number of nitrogens with one attached hydrogen (secondary N) is 1. The predicted octanol–water partition coefficient (Wildman–Crippen LogP) is 1.03. The van der Waals surface area contributed by atoms with Crippen LogP contribution in [0.25, 0.3) is 0 Å². The minimum Gasteiger partial charge on any atom is -0.391 e. The lowest BCUT2D eigenvalue weighted by Crippen LogP contribution is -2.19. The topological polar surface area (TPSA) is 45.1 Å². The van der Waals surface area contributed by atoms with Crippen LogP contribution in [-0.4, -0.2) is 29.3 Å². The van der Waals surface area contributed by atoms with Gasteiger partial charge in [-0.25, -0.2) is 4.98 Å². The van der Waals surface area contributed by atoms with Gasteiger partial charge in [-0.1, -0.05) is 0 Å². The van der Waals surface area contributed by atoms with Gasteiger partial charge in [0.25, 0.3) is 0 Å². The summed E-state index contributed by atoms with van der Waals surface area (Å²) in [6, 6.07) is 0. The molecule has 72 valence electrons. The summed E-state index contributed by atoms with van der Waals surface area (Å²) in [6.45, 7) is 1.62. The van der Waals surface area contributed by atoms with Crippen LogP contribution in [0.4, 0.5) is 0 Å². The van der Waals surface area contributed by atoms with E-state index in [2.05, 4.69) is 26.2 Å². The first-order valence-corrected chi connectivity index (χ1v) is 5.85. The molecule has 2 atom stereocenters. The van der Waals surface area contributed by atoms with Crippen LogP contribution in [-0.2, 0) is 6.42 Å². The first-order chi connectivity index (χ1) is 6.25. The Labute approximate surface area is 89.3 Å². The van der Waals surface area contributed by atoms with Crippen molar-refractivity contribution >= 4 is 27.3 Å². The van der Waals surface area contributed by atoms with Gasteiger partial charge in [0.05, 0.1) is 21.1 Å². The lowest BCUT2D eigenvalue weighted by Gasteiger charge is -2.10. The van der Waals surface area contributed by atoms with Crippen LogP contribution >= 0.6 is 27.3 Å². The van der Waals surface area contributed by atoms with Crippen LogP contribution in [0.1, 0.15) is 5.01 Å². The fourth-order valence-corrected chi connectivity index (χ4v) is 2.93. The van der Waals surface area contributed by atoms with Crippen LogP contribution in [0, 0.1) is 5.92 Å². The molecule has 2 unspecified atom stereocenters. The Kier molecular flexibility index (Phi) is 2.98. The second kappa shape index (κ2) is 4.04. The van der Waals surface area contributed by atoms with Gasteiger partial charge < -0.3 is 10.4 Å². The van der Waals surface area contributed by atoms with E-state index in [1.165, 1.54) is 0 Å². The van der Waals surface area contributed by atoms with Gasteiger partial charge in [0.15, 0.2) is 0 Å². The fraction of sp³-hybridized carbons (Fsp3) is 0.625. The molecule has 13 heavy (non-hydrogen) atoms. The van der Waals surface area contributed by atoms with Crippen LogP contribution in [0.5, 0.6) is 0 Å². The number of nitrogens with zero attached hydrogens (tertiary/aromatic N) is 1. The molecular formula is C8H11BrN2OS. The van der Waals surface area contributed by atoms with E-state index in [1.54, 1.807) is 11.3 Å². The minimum atomic E-state index is -0.206. The molecule has 2 rings (SSSR count). The van der Waals surface area contributed by atoms with Crippen molar-refractivity contribution in [2.75, 3.05) is 13.1 Å². The smallest absolute Gasteiger partial charge is 0.0941 e. The lowest BCUT2D eigenvalue weighted by molar-refractivity contribution is 0.147. The highest BCUT2D eigenvalue weighted by molar-refractivity contribution is 9.11. The number of thiazole rings is 1. The number of halogens is 1. The van der Waals surface area contributed by atoms with Gasteiger partial charge in [-0.2, -0.15) is 0 Å². The lowest BCUT2D eigenvalue weighted by atomic mass is 10.0. The average molecular weight is 263 g/mol. The van der Waals surface area contributed by atoms with Crippen molar-refractivity contribution in [2.24, 2.45) is 5.92 Å². The molecule has 1 fully saturated rings. The number of hydrogen-bond acceptors (Lipinski definition) is 4. The van der Waals surface area contributed by atoms with Crippen molar-refractivity contribution in [1.29, 1.82) is 0 Å². The summed E-state index contributed by atoms with van der Waals surface area (Å²) in [5, 5.41) is 13.8. The van der Waals surface area contributed by atoms with Crippen molar-refractivity contribution < 1.29 is 5.11 Å². The van der Waals surface area contributed by atoms with E-state index in [4.69, 9.17) is 0 Å². The molecule has 1 aliphatic heterocycles. The quantitative estimate of drug-likeness (QED) is 0.837. The first kappa shape index (κ1) is 9.58. The Morgan fingerprint density at radius 3 is 3.08 bits per heavy atom. The number of β-amino-alcohol motifs (C(OH)–C–C–N with tert-alkyl or cyclic N) is 1. The molecule has 3 nitrogen and oxygen atoms in total. The van der Waals surface area contributed by atoms with Crippen molar-refractivity contribution in [1.82, 2.24) is 10.3 Å². The van der Waals surface area contributed by atoms with Crippen molar-refractivity contribution in [3.8, 4) is 0 Å². The average Bonchev–Trinajstić information content (AvgIpc) is 2.64. The molecule has 5 heteroatoms. The van der Waals surface area contributed by atoms with E-state index in [0.717, 1.165) is 28.3 Å². The van der Waals surface area contributed by atoms with E-state index in [-0.39, 0.29) is 6.10 Å². The maximum atomic E-state index is 9.56. The monoisotopic (exact) mass is 262 g/mol. The zero-order valence-corrected chi connectivity index (χ0v) is 9.44. The molecule has 2 heterocycles. The Balaban J connectivity index is 1.97. The highest BCUT2D eigenvalue weighted by Gasteiger charge is 2.25. The summed E-state index contributed by atoms with van der Waals surface area (Å²) >= 11 is 5.02. The van der Waals surface area contributed by atoms with Crippen LogP contribution < -0.4 is 5.32 Å². The number of hydrogen-bond donors (Lipinski definition) is 2. The first-order valence-electron chi connectivity index (χ1n) is 4.24. The standard InChI is InChI=1S/C8H11BrN2OS/c9-7-4-11-8(13-7)1-5-2-10-3-6(5)12/h4-6,10,12H,1-3H2. The molecule has 0 saturated carbocycles. The van der Waals surface area contributed by atoms with E-state index in [9.17, 15) is 5.11 Å². The highest BCUT2D eigenvalue weighted by atomic mass is 79.9. The summed E-state index contributed by atoms with van der Waals surface area (Å²) in [4.78, 5) is 4.25. The Bertz CT molecular complexity index is 291. The molecule has 1 saturated heterocycles. The van der Waals surface area contributed by atoms with Crippen molar-refractivity contribution in [3.63, 3.8) is 0 Å². The fourth-order valence-electron chi connectivity index (χ4n) is 1.53. The highest BCUT2D eigenvalue weighted by Crippen LogP contribution is 2.23. The molecule has 1 aromatic rings. The maximum Gasteiger partial charge on any atom is 0.0941 e. The molecule has 0 aromatic carbocycles. The molecule has 2 N–H and O–H groups in total. The van der Waals surface area contributed by atoms with Crippen LogP contribution in [0.2, 0.25) is 0 Å². The molecule has 0 aliphatic carbocycles. The normalized spacial score (nSPS) is 28.2. The molecular weight excluding hydrogens is 252 g/mol. The third-order valence-electron chi connectivity index (χ3n) is 2.27. The largest absolute Gasteiger partial charge is 0.391 e. The molecule has 0 radical (unpaired) electrons. The number of aliphatic hydroxyl groups is 1. The SMILES string of the molecule is OC1CNCC1Cc1ncc(Br)s1. The van der Waals surface area contributed by atoms with Gasteiger partial charge in [-0.05, 0) is 15.9 Å².